The van der Waals surface area contributed by atoms with E-state index in [-0.39, 0.29) is 5.92 Å². The quantitative estimate of drug-likeness (QED) is 0.718. The third-order valence-corrected chi connectivity index (χ3v) is 4.42. The molecule has 1 saturated heterocycles. The molecule has 7 nitrogen and oxygen atoms in total. The minimum Gasteiger partial charge on any atom is -0.419 e. The zero-order valence-electron chi connectivity index (χ0n) is 13.1. The van der Waals surface area contributed by atoms with Crippen molar-refractivity contribution in [2.24, 2.45) is 0 Å². The fourth-order valence-electron chi connectivity index (χ4n) is 2.91. The van der Waals surface area contributed by atoms with E-state index in [1.807, 2.05) is 25.1 Å². The standard InChI is InChI=1S/C16H16ClN5O2/c1-10-18-15(24-21-10)11-6-7-22(8-11)9-14-19-20-16(23-14)12-4-2-3-5-13(12)17/h2-5,11H,6-9H2,1H3/t11-/m0/s1. The fourth-order valence-corrected chi connectivity index (χ4v) is 3.13. The van der Waals surface area contributed by atoms with E-state index in [2.05, 4.69) is 25.2 Å². The van der Waals surface area contributed by atoms with E-state index in [9.17, 15) is 0 Å². The van der Waals surface area contributed by atoms with Crippen molar-refractivity contribution >= 4 is 11.6 Å². The molecule has 4 rings (SSSR count). The van der Waals surface area contributed by atoms with Crippen molar-refractivity contribution in [3.8, 4) is 11.5 Å². The lowest BCUT2D eigenvalue weighted by Gasteiger charge is -2.11. The van der Waals surface area contributed by atoms with Crippen molar-refractivity contribution in [1.29, 1.82) is 0 Å². The van der Waals surface area contributed by atoms with Crippen LogP contribution in [0.1, 0.15) is 29.9 Å². The molecular weight excluding hydrogens is 330 g/mol. The third kappa shape index (κ3) is 3.05. The highest BCUT2D eigenvalue weighted by Crippen LogP contribution is 2.29. The summed E-state index contributed by atoms with van der Waals surface area (Å²) in [7, 11) is 0. The Bertz CT molecular complexity index is 846. The molecule has 0 amide bonds. The summed E-state index contributed by atoms with van der Waals surface area (Å²) in [5.41, 5.74) is 0.749. The average molecular weight is 346 g/mol. The van der Waals surface area contributed by atoms with Gasteiger partial charge in [0.1, 0.15) is 0 Å². The topological polar surface area (TPSA) is 81.1 Å². The van der Waals surface area contributed by atoms with E-state index < -0.39 is 0 Å². The van der Waals surface area contributed by atoms with Crippen LogP contribution >= 0.6 is 11.6 Å². The Morgan fingerprint density at radius 2 is 2.17 bits per heavy atom. The second-order valence-corrected chi connectivity index (χ2v) is 6.29. The highest BCUT2D eigenvalue weighted by atomic mass is 35.5. The molecular formula is C16H16ClN5O2. The van der Waals surface area contributed by atoms with Crippen LogP contribution in [-0.2, 0) is 6.54 Å². The first kappa shape index (κ1) is 15.3. The van der Waals surface area contributed by atoms with Gasteiger partial charge in [0.25, 0.3) is 0 Å². The summed E-state index contributed by atoms with van der Waals surface area (Å²) < 4.78 is 11.0. The van der Waals surface area contributed by atoms with Crippen molar-refractivity contribution in [2.45, 2.75) is 25.8 Å². The monoisotopic (exact) mass is 345 g/mol. The van der Waals surface area contributed by atoms with Crippen LogP contribution in [0, 0.1) is 6.92 Å². The number of aryl methyl sites for hydroxylation is 1. The Hall–Kier alpha value is -2.25. The van der Waals surface area contributed by atoms with E-state index in [0.717, 1.165) is 25.1 Å². The Labute approximate surface area is 143 Å². The first-order chi connectivity index (χ1) is 11.7. The van der Waals surface area contributed by atoms with Gasteiger partial charge in [0.05, 0.1) is 23.0 Å². The fraction of sp³-hybridized carbons (Fsp3) is 0.375. The molecule has 124 valence electrons. The van der Waals surface area contributed by atoms with Crippen LogP contribution in [0.5, 0.6) is 0 Å². The second-order valence-electron chi connectivity index (χ2n) is 5.88. The summed E-state index contributed by atoms with van der Waals surface area (Å²) in [6.45, 7) is 4.19. The lowest BCUT2D eigenvalue weighted by molar-refractivity contribution is 0.280. The normalized spacial score (nSPS) is 18.3. The summed E-state index contributed by atoms with van der Waals surface area (Å²) in [4.78, 5) is 6.56. The molecule has 0 bridgehead atoms. The molecule has 1 fully saturated rings. The highest BCUT2D eigenvalue weighted by molar-refractivity contribution is 6.33. The number of hydrogen-bond acceptors (Lipinski definition) is 7. The molecule has 1 atom stereocenters. The van der Waals surface area contributed by atoms with Gasteiger partial charge < -0.3 is 8.94 Å². The van der Waals surface area contributed by atoms with Crippen LogP contribution in [0.2, 0.25) is 5.02 Å². The van der Waals surface area contributed by atoms with Crippen LogP contribution in [0.4, 0.5) is 0 Å². The van der Waals surface area contributed by atoms with Gasteiger partial charge in [-0.2, -0.15) is 4.98 Å². The van der Waals surface area contributed by atoms with E-state index in [0.29, 0.717) is 35.1 Å². The maximum absolute atomic E-state index is 6.17. The molecule has 0 N–H and O–H groups in total. The highest BCUT2D eigenvalue weighted by Gasteiger charge is 2.29. The number of halogens is 1. The minimum atomic E-state index is 0.261. The van der Waals surface area contributed by atoms with Crippen LogP contribution in [0.3, 0.4) is 0 Å². The molecule has 2 aromatic heterocycles. The summed E-state index contributed by atoms with van der Waals surface area (Å²) in [6.07, 6.45) is 0.979. The van der Waals surface area contributed by atoms with Gasteiger partial charge in [-0.15, -0.1) is 10.2 Å². The molecule has 1 aliphatic heterocycles. The molecule has 3 heterocycles. The number of benzene rings is 1. The van der Waals surface area contributed by atoms with Gasteiger partial charge in [-0.1, -0.05) is 28.9 Å². The minimum absolute atomic E-state index is 0.261. The molecule has 24 heavy (non-hydrogen) atoms. The molecule has 0 spiro atoms. The van der Waals surface area contributed by atoms with Gasteiger partial charge >= 0.3 is 0 Å². The Morgan fingerprint density at radius 3 is 2.96 bits per heavy atom. The summed E-state index contributed by atoms with van der Waals surface area (Å²) >= 11 is 6.17. The van der Waals surface area contributed by atoms with Crippen LogP contribution in [0.15, 0.2) is 33.2 Å². The van der Waals surface area contributed by atoms with Gasteiger partial charge in [0.15, 0.2) is 5.82 Å². The van der Waals surface area contributed by atoms with Gasteiger partial charge in [-0.3, -0.25) is 4.90 Å². The van der Waals surface area contributed by atoms with Gasteiger partial charge in [-0.05, 0) is 32.0 Å². The zero-order valence-corrected chi connectivity index (χ0v) is 13.9. The first-order valence-corrected chi connectivity index (χ1v) is 8.16. The van der Waals surface area contributed by atoms with Crippen molar-refractivity contribution in [3.05, 3.63) is 46.9 Å². The van der Waals surface area contributed by atoms with Crippen molar-refractivity contribution in [1.82, 2.24) is 25.2 Å². The number of nitrogens with zero attached hydrogens (tertiary/aromatic N) is 5. The van der Waals surface area contributed by atoms with Crippen LogP contribution in [0.25, 0.3) is 11.5 Å². The van der Waals surface area contributed by atoms with Gasteiger partial charge in [0.2, 0.25) is 17.7 Å². The number of aromatic nitrogens is 4. The smallest absolute Gasteiger partial charge is 0.249 e. The number of likely N-dealkylation sites (tertiary alicyclic amines) is 1. The zero-order chi connectivity index (χ0) is 16.5. The lowest BCUT2D eigenvalue weighted by Crippen LogP contribution is -2.20. The summed E-state index contributed by atoms with van der Waals surface area (Å²) in [5.74, 6) is 2.66. The summed E-state index contributed by atoms with van der Waals surface area (Å²) in [5, 5.41) is 12.7. The SMILES string of the molecule is Cc1noc([C@H]2CCN(Cc3nnc(-c4ccccc4Cl)o3)C2)n1. The molecule has 0 unspecified atom stereocenters. The van der Waals surface area contributed by atoms with Gasteiger partial charge in [0, 0.05) is 6.54 Å². The Kier molecular flexibility index (Phi) is 4.03. The molecule has 3 aromatic rings. The second kappa shape index (κ2) is 6.33. The van der Waals surface area contributed by atoms with E-state index in [1.165, 1.54) is 0 Å². The molecule has 0 radical (unpaired) electrons. The van der Waals surface area contributed by atoms with Crippen molar-refractivity contribution in [2.75, 3.05) is 13.1 Å². The van der Waals surface area contributed by atoms with Crippen molar-refractivity contribution in [3.63, 3.8) is 0 Å². The Balaban J connectivity index is 1.43. The van der Waals surface area contributed by atoms with E-state index in [1.54, 1.807) is 6.07 Å². The maximum Gasteiger partial charge on any atom is 0.249 e. The number of hydrogen-bond donors (Lipinski definition) is 0. The third-order valence-electron chi connectivity index (χ3n) is 4.09. The average Bonchev–Trinajstić information content (AvgIpc) is 3.29. The van der Waals surface area contributed by atoms with E-state index in [4.69, 9.17) is 20.5 Å². The van der Waals surface area contributed by atoms with Crippen LogP contribution in [-0.4, -0.2) is 38.3 Å². The molecule has 0 saturated carbocycles. The van der Waals surface area contributed by atoms with E-state index >= 15 is 0 Å². The lowest BCUT2D eigenvalue weighted by atomic mass is 10.1. The van der Waals surface area contributed by atoms with Gasteiger partial charge in [-0.25, -0.2) is 0 Å². The first-order valence-electron chi connectivity index (χ1n) is 7.79. The molecule has 1 aromatic carbocycles. The predicted molar refractivity (Wildman–Crippen MR) is 86.4 cm³/mol. The molecule has 1 aliphatic rings. The predicted octanol–water partition coefficient (Wildman–Crippen LogP) is 3.07. The van der Waals surface area contributed by atoms with Crippen LogP contribution < -0.4 is 0 Å². The molecule has 0 aliphatic carbocycles. The molecule has 8 heteroatoms. The summed E-state index contributed by atoms with van der Waals surface area (Å²) in [6, 6.07) is 7.43. The maximum atomic E-state index is 6.17. The van der Waals surface area contributed by atoms with Crippen molar-refractivity contribution < 1.29 is 8.94 Å². The Morgan fingerprint density at radius 1 is 1.29 bits per heavy atom. The largest absolute Gasteiger partial charge is 0.419 e. The number of rotatable bonds is 4.